The highest BCUT2D eigenvalue weighted by atomic mass is 32.2. The molecule has 0 N–H and O–H groups in total. The van der Waals surface area contributed by atoms with E-state index in [1.807, 2.05) is 37.3 Å². The highest BCUT2D eigenvalue weighted by molar-refractivity contribution is 7.86. The highest BCUT2D eigenvalue weighted by Gasteiger charge is 2.19. The van der Waals surface area contributed by atoms with Gasteiger partial charge in [-0.1, -0.05) is 35.9 Å². The van der Waals surface area contributed by atoms with Crippen molar-refractivity contribution in [2.24, 2.45) is 0 Å². The third-order valence-electron chi connectivity index (χ3n) is 3.89. The topological polar surface area (TPSA) is 61.8 Å². The molecule has 0 unspecified atom stereocenters. The molecule has 0 spiro atoms. The van der Waals surface area contributed by atoms with E-state index in [-0.39, 0.29) is 11.5 Å². The Morgan fingerprint density at radius 3 is 2.00 bits per heavy atom. The summed E-state index contributed by atoms with van der Waals surface area (Å²) in [6.07, 6.45) is -0.633. The molecule has 0 aliphatic rings. The van der Waals surface area contributed by atoms with Gasteiger partial charge in [-0.05, 0) is 62.4 Å². The van der Waals surface area contributed by atoms with Gasteiger partial charge >= 0.3 is 0 Å². The maximum Gasteiger partial charge on any atom is 0.297 e. The van der Waals surface area contributed by atoms with Gasteiger partial charge < -0.3 is 9.47 Å². The van der Waals surface area contributed by atoms with Gasteiger partial charge in [-0.2, -0.15) is 8.42 Å². The summed E-state index contributed by atoms with van der Waals surface area (Å²) in [7, 11) is -3.82. The highest BCUT2D eigenvalue weighted by Crippen LogP contribution is 2.24. The number of hydrogen-bond acceptors (Lipinski definition) is 5. The van der Waals surface area contributed by atoms with Crippen molar-refractivity contribution in [3.05, 3.63) is 84.4 Å². The van der Waals surface area contributed by atoms with Crippen molar-refractivity contribution in [2.45, 2.75) is 24.8 Å². The molecule has 5 nitrogen and oxygen atoms in total. The van der Waals surface area contributed by atoms with E-state index in [2.05, 4.69) is 0 Å². The van der Waals surface area contributed by atoms with Crippen LogP contribution < -0.4 is 9.47 Å². The molecular weight excluding hydrogens is 376 g/mol. The van der Waals surface area contributed by atoms with Gasteiger partial charge in [0.05, 0.1) is 4.90 Å². The van der Waals surface area contributed by atoms with Gasteiger partial charge in [0.15, 0.2) is 0 Å². The fraction of sp³-hybridized carbons (Fsp3) is 0.182. The van der Waals surface area contributed by atoms with Crippen LogP contribution in [-0.4, -0.2) is 21.1 Å². The van der Waals surface area contributed by atoms with Gasteiger partial charge in [0.25, 0.3) is 10.1 Å². The number of aryl methyl sites for hydroxylation is 1. The van der Waals surface area contributed by atoms with Gasteiger partial charge in [0.2, 0.25) is 0 Å². The first kappa shape index (κ1) is 19.9. The van der Waals surface area contributed by atoms with Crippen molar-refractivity contribution in [2.75, 3.05) is 6.61 Å². The molecule has 3 aromatic carbocycles. The Labute approximate surface area is 165 Å². The molecule has 0 saturated heterocycles. The molecule has 0 saturated carbocycles. The molecule has 0 fully saturated rings. The third kappa shape index (κ3) is 5.58. The third-order valence-corrected chi connectivity index (χ3v) is 5.32. The Bertz CT molecular complexity index is 981. The van der Waals surface area contributed by atoms with E-state index in [4.69, 9.17) is 13.7 Å². The summed E-state index contributed by atoms with van der Waals surface area (Å²) >= 11 is 0. The van der Waals surface area contributed by atoms with Crippen molar-refractivity contribution in [3.63, 3.8) is 0 Å². The smallest absolute Gasteiger partial charge is 0.297 e. The number of benzene rings is 3. The molecule has 3 aromatic rings. The maximum absolute atomic E-state index is 12.3. The lowest BCUT2D eigenvalue weighted by molar-refractivity contribution is 0.149. The van der Waals surface area contributed by atoms with E-state index in [1.165, 1.54) is 12.1 Å². The molecule has 0 bridgehead atoms. The normalized spacial score (nSPS) is 12.4. The maximum atomic E-state index is 12.3. The summed E-state index contributed by atoms with van der Waals surface area (Å²) in [5, 5.41) is 0. The van der Waals surface area contributed by atoms with Gasteiger partial charge in [-0.15, -0.1) is 0 Å². The van der Waals surface area contributed by atoms with Gasteiger partial charge in [-0.3, -0.25) is 4.18 Å². The molecule has 0 radical (unpaired) electrons. The molecule has 1 atom stereocenters. The molecule has 0 aromatic heterocycles. The van der Waals surface area contributed by atoms with Crippen LogP contribution in [0.1, 0.15) is 12.5 Å². The summed E-state index contributed by atoms with van der Waals surface area (Å²) in [6.45, 7) is 3.65. The van der Waals surface area contributed by atoms with Crippen molar-refractivity contribution in [3.8, 4) is 17.2 Å². The first-order valence-electron chi connectivity index (χ1n) is 8.88. The summed E-state index contributed by atoms with van der Waals surface area (Å²) in [5.41, 5.74) is 0.982. The summed E-state index contributed by atoms with van der Waals surface area (Å²) in [4.78, 5) is 0.132. The van der Waals surface area contributed by atoms with Gasteiger partial charge in [0.1, 0.15) is 30.0 Å². The second kappa shape index (κ2) is 8.91. The Kier molecular flexibility index (Phi) is 6.34. The summed E-state index contributed by atoms with van der Waals surface area (Å²) in [6, 6.07) is 23.1. The van der Waals surface area contributed by atoms with Crippen LogP contribution in [-0.2, 0) is 14.3 Å². The standard InChI is InChI=1S/C22H22O5S/c1-17-8-14-22(15-9-17)28(23,24)27-18(2)16-25-19-10-12-21(13-11-19)26-20-6-4-3-5-7-20/h3-15,18H,16H2,1-2H3/t18-/m1/s1. The van der Waals surface area contributed by atoms with Crippen LogP contribution in [0.4, 0.5) is 0 Å². The average molecular weight is 398 g/mol. The lowest BCUT2D eigenvalue weighted by atomic mass is 10.2. The van der Waals surface area contributed by atoms with E-state index in [0.717, 1.165) is 11.3 Å². The Morgan fingerprint density at radius 2 is 1.36 bits per heavy atom. The number of hydrogen-bond donors (Lipinski definition) is 0. The molecule has 0 aliphatic carbocycles. The quantitative estimate of drug-likeness (QED) is 0.502. The Morgan fingerprint density at radius 1 is 0.786 bits per heavy atom. The fourth-order valence-electron chi connectivity index (χ4n) is 2.45. The van der Waals surface area contributed by atoms with E-state index in [1.54, 1.807) is 43.3 Å². The van der Waals surface area contributed by atoms with Crippen molar-refractivity contribution >= 4 is 10.1 Å². The molecule has 146 valence electrons. The minimum absolute atomic E-state index is 0.101. The van der Waals surface area contributed by atoms with Gasteiger partial charge in [0, 0.05) is 0 Å². The van der Waals surface area contributed by atoms with Gasteiger partial charge in [-0.25, -0.2) is 0 Å². The van der Waals surface area contributed by atoms with E-state index in [0.29, 0.717) is 11.5 Å². The lowest BCUT2D eigenvalue weighted by Gasteiger charge is -2.14. The minimum atomic E-state index is -3.82. The van der Waals surface area contributed by atoms with Crippen LogP contribution in [0.3, 0.4) is 0 Å². The SMILES string of the molecule is Cc1ccc(S(=O)(=O)O[C@H](C)COc2ccc(Oc3ccccc3)cc2)cc1. The van der Waals surface area contributed by atoms with Crippen molar-refractivity contribution < 1.29 is 22.1 Å². The number of ether oxygens (including phenoxy) is 2. The van der Waals surface area contributed by atoms with E-state index in [9.17, 15) is 8.42 Å². The van der Waals surface area contributed by atoms with Crippen LogP contribution in [0.2, 0.25) is 0 Å². The zero-order valence-corrected chi connectivity index (χ0v) is 16.6. The lowest BCUT2D eigenvalue weighted by Crippen LogP contribution is -2.22. The molecule has 0 amide bonds. The molecule has 0 aliphatic heterocycles. The van der Waals surface area contributed by atoms with Crippen LogP contribution >= 0.6 is 0 Å². The molecule has 6 heteroatoms. The second-order valence-electron chi connectivity index (χ2n) is 6.37. The largest absolute Gasteiger partial charge is 0.491 e. The van der Waals surface area contributed by atoms with Crippen LogP contribution in [0, 0.1) is 6.92 Å². The second-order valence-corrected chi connectivity index (χ2v) is 7.94. The van der Waals surface area contributed by atoms with E-state index >= 15 is 0 Å². The zero-order chi connectivity index (χ0) is 20.0. The zero-order valence-electron chi connectivity index (χ0n) is 15.7. The van der Waals surface area contributed by atoms with Crippen LogP contribution in [0.15, 0.2) is 83.8 Å². The summed E-state index contributed by atoms with van der Waals surface area (Å²) in [5.74, 6) is 2.04. The Hall–Kier alpha value is -2.83. The predicted octanol–water partition coefficient (Wildman–Crippen LogP) is 4.96. The first-order valence-corrected chi connectivity index (χ1v) is 10.3. The van der Waals surface area contributed by atoms with Crippen molar-refractivity contribution in [1.82, 2.24) is 0 Å². The van der Waals surface area contributed by atoms with Crippen molar-refractivity contribution in [1.29, 1.82) is 0 Å². The fourth-order valence-corrected chi connectivity index (χ4v) is 3.52. The monoisotopic (exact) mass is 398 g/mol. The minimum Gasteiger partial charge on any atom is -0.491 e. The van der Waals surface area contributed by atoms with Crippen LogP contribution in [0.5, 0.6) is 17.2 Å². The summed E-state index contributed by atoms with van der Waals surface area (Å²) < 4.78 is 41.1. The predicted molar refractivity (Wildman–Crippen MR) is 107 cm³/mol. The molecule has 0 heterocycles. The Balaban J connectivity index is 1.52. The van der Waals surface area contributed by atoms with Crippen LogP contribution in [0.25, 0.3) is 0 Å². The first-order chi connectivity index (χ1) is 13.4. The molecule has 28 heavy (non-hydrogen) atoms. The number of para-hydroxylation sites is 1. The molecule has 3 rings (SSSR count). The average Bonchev–Trinajstić information content (AvgIpc) is 2.68. The van der Waals surface area contributed by atoms with E-state index < -0.39 is 16.2 Å². The molecular formula is C22H22O5S. The number of rotatable bonds is 8.